The van der Waals surface area contributed by atoms with Crippen molar-refractivity contribution in [2.24, 2.45) is 0 Å². The molecule has 0 saturated heterocycles. The summed E-state index contributed by atoms with van der Waals surface area (Å²) in [7, 11) is 0. The molecule has 0 aliphatic heterocycles. The number of H-pyrrole nitrogens is 1. The molecule has 29 heavy (non-hydrogen) atoms. The highest BCUT2D eigenvalue weighted by Gasteiger charge is 2.17. The van der Waals surface area contributed by atoms with Crippen LogP contribution in [0.2, 0.25) is 0 Å². The molecule has 2 aromatic heterocycles. The first-order valence-electron chi connectivity index (χ1n) is 9.43. The van der Waals surface area contributed by atoms with Crippen molar-refractivity contribution in [2.75, 3.05) is 5.32 Å². The number of benzene rings is 1. The zero-order valence-corrected chi connectivity index (χ0v) is 15.7. The van der Waals surface area contributed by atoms with Gasteiger partial charge in [-0.3, -0.25) is 4.79 Å². The van der Waals surface area contributed by atoms with Gasteiger partial charge in [-0.05, 0) is 54.5 Å². The van der Waals surface area contributed by atoms with Crippen molar-refractivity contribution in [3.05, 3.63) is 77.3 Å². The van der Waals surface area contributed by atoms with Gasteiger partial charge >= 0.3 is 0 Å². The number of hydrogen-bond acceptors (Lipinski definition) is 4. The van der Waals surface area contributed by atoms with E-state index in [0.717, 1.165) is 47.1 Å². The van der Waals surface area contributed by atoms with Gasteiger partial charge in [0.25, 0.3) is 5.91 Å². The minimum Gasteiger partial charge on any atom is -0.619 e. The van der Waals surface area contributed by atoms with Gasteiger partial charge < -0.3 is 15.5 Å². The number of nitrogens with zero attached hydrogens (tertiary/aromatic N) is 3. The second-order valence-electron chi connectivity index (χ2n) is 6.89. The topological polar surface area (TPSA) is 109 Å². The number of anilines is 1. The highest BCUT2D eigenvalue weighted by molar-refractivity contribution is 6.03. The molecule has 0 radical (unpaired) electrons. The van der Waals surface area contributed by atoms with Crippen LogP contribution in [-0.4, -0.2) is 15.9 Å². The monoisotopic (exact) mass is 385 g/mol. The first-order valence-corrected chi connectivity index (χ1v) is 9.43. The van der Waals surface area contributed by atoms with Crippen LogP contribution >= 0.6 is 0 Å². The minimum absolute atomic E-state index is 0.0947. The lowest BCUT2D eigenvalue weighted by atomic mass is 9.90. The number of aromatic amines is 1. The molecular formula is C22H19N5O2. The number of carbonyl (C=O) groups is 1. The molecule has 3 aromatic rings. The third-order valence-electron chi connectivity index (χ3n) is 4.95. The summed E-state index contributed by atoms with van der Waals surface area (Å²) in [5, 5.41) is 23.2. The van der Waals surface area contributed by atoms with Crippen LogP contribution in [0.15, 0.2) is 55.0 Å². The summed E-state index contributed by atoms with van der Waals surface area (Å²) in [5.74, 6) is -0.304. The van der Waals surface area contributed by atoms with Crippen LogP contribution in [0.25, 0.3) is 16.7 Å². The minimum atomic E-state index is -0.399. The Morgan fingerprint density at radius 3 is 2.72 bits per heavy atom. The van der Waals surface area contributed by atoms with Gasteiger partial charge in [0, 0.05) is 23.4 Å². The van der Waals surface area contributed by atoms with E-state index in [2.05, 4.69) is 21.4 Å². The summed E-state index contributed by atoms with van der Waals surface area (Å²) < 4.78 is 0.752. The van der Waals surface area contributed by atoms with E-state index in [9.17, 15) is 10.0 Å². The van der Waals surface area contributed by atoms with Gasteiger partial charge in [-0.25, -0.2) is 4.98 Å². The molecule has 7 heteroatoms. The molecule has 7 nitrogen and oxygen atoms in total. The van der Waals surface area contributed by atoms with Crippen molar-refractivity contribution in [2.45, 2.75) is 25.7 Å². The maximum Gasteiger partial charge on any atom is 0.291 e. The highest BCUT2D eigenvalue weighted by atomic mass is 16.5. The standard InChI is InChI=1S/C22H19N5O2/c23-13-18-14-24-21(25-18)22(28)26-20-7-6-17(15-8-10-27(29)11-9-15)12-19(20)16-4-2-1-3-5-16/h4,6-12,14H,1-3,5H2,(H,24,25)(H,26,28). The van der Waals surface area contributed by atoms with E-state index in [4.69, 9.17) is 5.26 Å². The number of hydrogen-bond donors (Lipinski definition) is 2. The molecule has 1 amide bonds. The molecule has 0 bridgehead atoms. The summed E-state index contributed by atoms with van der Waals surface area (Å²) in [4.78, 5) is 19.3. The first-order chi connectivity index (χ1) is 14.1. The zero-order valence-electron chi connectivity index (χ0n) is 15.7. The number of nitrogens with one attached hydrogen (secondary N) is 2. The lowest BCUT2D eigenvalue weighted by Gasteiger charge is -2.18. The quantitative estimate of drug-likeness (QED) is 0.526. The number of carbonyl (C=O) groups excluding carboxylic acids is 1. The summed E-state index contributed by atoms with van der Waals surface area (Å²) >= 11 is 0. The predicted molar refractivity (Wildman–Crippen MR) is 109 cm³/mol. The Hall–Kier alpha value is -3.92. The summed E-state index contributed by atoms with van der Waals surface area (Å²) in [6.45, 7) is 0. The van der Waals surface area contributed by atoms with Gasteiger partial charge in [-0.2, -0.15) is 9.99 Å². The van der Waals surface area contributed by atoms with Crippen LogP contribution in [0.3, 0.4) is 0 Å². The second kappa shape index (κ2) is 7.98. The fourth-order valence-electron chi connectivity index (χ4n) is 3.46. The Morgan fingerprint density at radius 1 is 1.21 bits per heavy atom. The van der Waals surface area contributed by atoms with E-state index in [0.29, 0.717) is 5.69 Å². The Morgan fingerprint density at radius 2 is 2.03 bits per heavy atom. The van der Waals surface area contributed by atoms with E-state index in [1.165, 1.54) is 24.2 Å². The van der Waals surface area contributed by atoms with E-state index in [-0.39, 0.29) is 11.5 Å². The average molecular weight is 385 g/mol. The molecule has 0 saturated carbocycles. The lowest BCUT2D eigenvalue weighted by molar-refractivity contribution is -0.605. The van der Waals surface area contributed by atoms with Crippen LogP contribution in [0.4, 0.5) is 5.69 Å². The second-order valence-corrected chi connectivity index (χ2v) is 6.89. The van der Waals surface area contributed by atoms with E-state index >= 15 is 0 Å². The molecule has 4 rings (SSSR count). The molecule has 2 heterocycles. The maximum absolute atomic E-state index is 12.6. The van der Waals surface area contributed by atoms with E-state index in [1.54, 1.807) is 12.1 Å². The van der Waals surface area contributed by atoms with E-state index < -0.39 is 5.91 Å². The van der Waals surface area contributed by atoms with Crippen LogP contribution in [0, 0.1) is 16.5 Å². The Labute approximate surface area is 167 Å². The normalized spacial score (nSPS) is 13.4. The smallest absolute Gasteiger partial charge is 0.291 e. The largest absolute Gasteiger partial charge is 0.619 e. The average Bonchev–Trinajstić information content (AvgIpc) is 3.25. The van der Waals surface area contributed by atoms with Gasteiger partial charge in [-0.1, -0.05) is 12.1 Å². The van der Waals surface area contributed by atoms with Crippen molar-refractivity contribution < 1.29 is 9.52 Å². The van der Waals surface area contributed by atoms with Crippen molar-refractivity contribution in [1.82, 2.24) is 9.97 Å². The van der Waals surface area contributed by atoms with Crippen LogP contribution in [0.1, 0.15) is 47.6 Å². The highest BCUT2D eigenvalue weighted by Crippen LogP contribution is 2.35. The molecule has 0 fully saturated rings. The molecular weight excluding hydrogens is 366 g/mol. The Kier molecular flexibility index (Phi) is 5.08. The number of nitriles is 1. The maximum atomic E-state index is 12.6. The van der Waals surface area contributed by atoms with Gasteiger partial charge in [0.2, 0.25) is 0 Å². The molecule has 0 unspecified atom stereocenters. The third-order valence-corrected chi connectivity index (χ3v) is 4.95. The number of amides is 1. The first kappa shape index (κ1) is 18.4. The molecule has 1 aromatic carbocycles. The number of imidazole rings is 1. The zero-order chi connectivity index (χ0) is 20.2. The summed E-state index contributed by atoms with van der Waals surface area (Å²) in [6.07, 6.45) is 10.7. The molecule has 1 aliphatic carbocycles. The third kappa shape index (κ3) is 4.01. The van der Waals surface area contributed by atoms with Crippen molar-refractivity contribution >= 4 is 17.2 Å². The summed E-state index contributed by atoms with van der Waals surface area (Å²) in [6, 6.07) is 11.3. The molecule has 2 N–H and O–H groups in total. The van der Waals surface area contributed by atoms with Gasteiger partial charge in [-0.15, -0.1) is 0 Å². The molecule has 0 spiro atoms. The van der Waals surface area contributed by atoms with Crippen molar-refractivity contribution in [1.29, 1.82) is 5.26 Å². The number of pyridine rings is 1. The van der Waals surface area contributed by atoms with Gasteiger partial charge in [0.15, 0.2) is 18.2 Å². The van der Waals surface area contributed by atoms with Crippen LogP contribution < -0.4 is 10.0 Å². The van der Waals surface area contributed by atoms with Crippen LogP contribution in [-0.2, 0) is 0 Å². The fraction of sp³-hybridized carbons (Fsp3) is 0.182. The number of allylic oxidation sites excluding steroid dienone is 2. The Bertz CT molecular complexity index is 1120. The number of rotatable bonds is 4. The van der Waals surface area contributed by atoms with Gasteiger partial charge in [0.1, 0.15) is 11.8 Å². The van der Waals surface area contributed by atoms with Crippen molar-refractivity contribution in [3.8, 4) is 17.2 Å². The fourth-order valence-corrected chi connectivity index (χ4v) is 3.46. The van der Waals surface area contributed by atoms with E-state index in [1.807, 2.05) is 24.3 Å². The SMILES string of the molecule is N#Cc1cnc(C(=O)Nc2ccc(-c3cc[n+]([O-])cc3)cc2C2=CCCCC2)[nH]1. The molecule has 144 valence electrons. The predicted octanol–water partition coefficient (Wildman–Crippen LogP) is 3.79. The number of aromatic nitrogens is 3. The van der Waals surface area contributed by atoms with Crippen LogP contribution in [0.5, 0.6) is 0 Å². The summed E-state index contributed by atoms with van der Waals surface area (Å²) in [5.41, 5.74) is 4.98. The van der Waals surface area contributed by atoms with Crippen molar-refractivity contribution in [3.63, 3.8) is 0 Å². The molecule has 1 aliphatic rings. The molecule has 0 atom stereocenters. The Balaban J connectivity index is 1.70. The lowest BCUT2D eigenvalue weighted by Crippen LogP contribution is -2.23. The van der Waals surface area contributed by atoms with Gasteiger partial charge in [0.05, 0.1) is 6.20 Å².